The van der Waals surface area contributed by atoms with E-state index >= 15 is 0 Å². The molecule has 0 saturated heterocycles. The Hall–Kier alpha value is -1.52. The summed E-state index contributed by atoms with van der Waals surface area (Å²) in [7, 11) is 1.79. The Morgan fingerprint density at radius 2 is 2.46 bits per heavy atom. The zero-order valence-electron chi connectivity index (χ0n) is 8.00. The number of nitrogens with one attached hydrogen (secondary N) is 1. The standard InChI is InChI=1S/C8H13N3O2/c1-4-13-8(12)9-7-5-11(3)10-6(7)2/h5H,4H2,1-3H3,(H,9,12). The van der Waals surface area contributed by atoms with Gasteiger partial charge < -0.3 is 4.74 Å². The van der Waals surface area contributed by atoms with E-state index in [2.05, 4.69) is 10.4 Å². The largest absolute Gasteiger partial charge is 0.450 e. The average Bonchev–Trinajstić information content (AvgIpc) is 2.30. The number of aryl methyl sites for hydroxylation is 2. The van der Waals surface area contributed by atoms with Crippen LogP contribution in [0.15, 0.2) is 6.20 Å². The molecule has 1 aromatic rings. The molecule has 0 aromatic carbocycles. The van der Waals surface area contributed by atoms with E-state index in [-0.39, 0.29) is 0 Å². The summed E-state index contributed by atoms with van der Waals surface area (Å²) in [6.07, 6.45) is 1.28. The summed E-state index contributed by atoms with van der Waals surface area (Å²) in [4.78, 5) is 11.0. The summed E-state index contributed by atoms with van der Waals surface area (Å²) in [6, 6.07) is 0. The molecule has 1 aromatic heterocycles. The van der Waals surface area contributed by atoms with Gasteiger partial charge in [-0.25, -0.2) is 4.79 Å². The number of anilines is 1. The molecule has 1 heterocycles. The first-order valence-electron chi connectivity index (χ1n) is 4.07. The van der Waals surface area contributed by atoms with Crippen molar-refractivity contribution in [2.45, 2.75) is 13.8 Å². The molecule has 72 valence electrons. The Morgan fingerprint density at radius 1 is 1.77 bits per heavy atom. The van der Waals surface area contributed by atoms with Crippen LogP contribution in [0, 0.1) is 6.92 Å². The van der Waals surface area contributed by atoms with E-state index in [1.807, 2.05) is 6.92 Å². The molecule has 0 bridgehead atoms. The van der Waals surface area contributed by atoms with Gasteiger partial charge in [-0.3, -0.25) is 10.00 Å². The Bertz CT molecular complexity index is 306. The monoisotopic (exact) mass is 183 g/mol. The second-order valence-electron chi connectivity index (χ2n) is 2.65. The lowest BCUT2D eigenvalue weighted by molar-refractivity contribution is 0.168. The second kappa shape index (κ2) is 3.93. The first kappa shape index (κ1) is 9.57. The van der Waals surface area contributed by atoms with Crippen LogP contribution in [0.2, 0.25) is 0 Å². The Balaban J connectivity index is 2.63. The summed E-state index contributed by atoms with van der Waals surface area (Å²) in [5, 5.41) is 6.66. The van der Waals surface area contributed by atoms with E-state index < -0.39 is 6.09 Å². The molecule has 1 amide bonds. The molecular weight excluding hydrogens is 170 g/mol. The molecule has 0 aliphatic rings. The van der Waals surface area contributed by atoms with Crippen molar-refractivity contribution in [3.05, 3.63) is 11.9 Å². The molecule has 0 aliphatic carbocycles. The summed E-state index contributed by atoms with van der Waals surface area (Å²) >= 11 is 0. The topological polar surface area (TPSA) is 56.1 Å². The fraction of sp³-hybridized carbons (Fsp3) is 0.500. The van der Waals surface area contributed by atoms with Gasteiger partial charge in [-0.05, 0) is 13.8 Å². The molecule has 0 fully saturated rings. The maximum absolute atomic E-state index is 11.0. The third-order valence-corrected chi connectivity index (χ3v) is 1.53. The minimum atomic E-state index is -0.446. The third-order valence-electron chi connectivity index (χ3n) is 1.53. The van der Waals surface area contributed by atoms with Crippen LogP contribution in [0.25, 0.3) is 0 Å². The highest BCUT2D eigenvalue weighted by Gasteiger charge is 2.06. The molecule has 0 atom stereocenters. The van der Waals surface area contributed by atoms with E-state index in [1.165, 1.54) is 0 Å². The molecule has 0 spiro atoms. The highest BCUT2D eigenvalue weighted by atomic mass is 16.5. The molecular formula is C8H13N3O2. The number of rotatable bonds is 2. The minimum Gasteiger partial charge on any atom is -0.450 e. The molecule has 5 heteroatoms. The highest BCUT2D eigenvalue weighted by molar-refractivity contribution is 5.85. The van der Waals surface area contributed by atoms with E-state index in [9.17, 15) is 4.79 Å². The molecule has 0 radical (unpaired) electrons. The SMILES string of the molecule is CCOC(=O)Nc1cn(C)nc1C. The molecule has 0 aliphatic heterocycles. The number of carbonyl (C=O) groups is 1. The van der Waals surface area contributed by atoms with Crippen LogP contribution in [0.3, 0.4) is 0 Å². The lowest BCUT2D eigenvalue weighted by atomic mass is 10.4. The van der Waals surface area contributed by atoms with Gasteiger partial charge in [0, 0.05) is 13.2 Å². The van der Waals surface area contributed by atoms with Gasteiger partial charge in [0.05, 0.1) is 18.0 Å². The quantitative estimate of drug-likeness (QED) is 0.751. The maximum atomic E-state index is 11.0. The van der Waals surface area contributed by atoms with Crippen LogP contribution in [-0.4, -0.2) is 22.5 Å². The van der Waals surface area contributed by atoms with E-state index in [1.54, 1.807) is 24.9 Å². The van der Waals surface area contributed by atoms with E-state index in [0.717, 1.165) is 5.69 Å². The summed E-state index contributed by atoms with van der Waals surface area (Å²) in [5.41, 5.74) is 1.46. The zero-order valence-corrected chi connectivity index (χ0v) is 8.00. The van der Waals surface area contributed by atoms with Gasteiger partial charge in [0.15, 0.2) is 0 Å². The molecule has 0 unspecified atom stereocenters. The normalized spacial score (nSPS) is 9.77. The summed E-state index contributed by atoms with van der Waals surface area (Å²) in [5.74, 6) is 0. The lowest BCUT2D eigenvalue weighted by Gasteiger charge is -2.02. The van der Waals surface area contributed by atoms with Crippen molar-refractivity contribution in [2.24, 2.45) is 7.05 Å². The number of amides is 1. The fourth-order valence-corrected chi connectivity index (χ4v) is 0.999. The Morgan fingerprint density at radius 3 is 2.92 bits per heavy atom. The molecule has 5 nitrogen and oxygen atoms in total. The van der Waals surface area contributed by atoms with Gasteiger partial charge in [0.2, 0.25) is 0 Å². The average molecular weight is 183 g/mol. The van der Waals surface area contributed by atoms with Gasteiger partial charge in [-0.15, -0.1) is 0 Å². The molecule has 0 saturated carbocycles. The van der Waals surface area contributed by atoms with Gasteiger partial charge in [-0.1, -0.05) is 0 Å². The van der Waals surface area contributed by atoms with Gasteiger partial charge in [0.1, 0.15) is 0 Å². The van der Waals surface area contributed by atoms with Crippen molar-refractivity contribution < 1.29 is 9.53 Å². The Kier molecular flexibility index (Phi) is 2.89. The van der Waals surface area contributed by atoms with Crippen LogP contribution in [0.4, 0.5) is 10.5 Å². The summed E-state index contributed by atoms with van der Waals surface area (Å²) in [6.45, 7) is 3.95. The lowest BCUT2D eigenvalue weighted by Crippen LogP contribution is -2.13. The fourth-order valence-electron chi connectivity index (χ4n) is 0.999. The van der Waals surface area contributed by atoms with E-state index in [0.29, 0.717) is 12.3 Å². The number of hydrogen-bond acceptors (Lipinski definition) is 3. The number of hydrogen-bond donors (Lipinski definition) is 1. The van der Waals surface area contributed by atoms with Crippen molar-refractivity contribution in [1.82, 2.24) is 9.78 Å². The molecule has 1 rings (SSSR count). The van der Waals surface area contributed by atoms with Crippen LogP contribution in [-0.2, 0) is 11.8 Å². The van der Waals surface area contributed by atoms with Crippen LogP contribution in [0.1, 0.15) is 12.6 Å². The molecule has 13 heavy (non-hydrogen) atoms. The van der Waals surface area contributed by atoms with Crippen LogP contribution in [0.5, 0.6) is 0 Å². The minimum absolute atomic E-state index is 0.366. The number of aromatic nitrogens is 2. The van der Waals surface area contributed by atoms with Gasteiger partial charge in [0.25, 0.3) is 0 Å². The van der Waals surface area contributed by atoms with Crippen molar-refractivity contribution in [3.8, 4) is 0 Å². The van der Waals surface area contributed by atoms with Crippen molar-refractivity contribution >= 4 is 11.8 Å². The first-order valence-corrected chi connectivity index (χ1v) is 4.07. The smallest absolute Gasteiger partial charge is 0.411 e. The predicted octanol–water partition coefficient (Wildman–Crippen LogP) is 1.30. The van der Waals surface area contributed by atoms with Gasteiger partial charge >= 0.3 is 6.09 Å². The van der Waals surface area contributed by atoms with Crippen LogP contribution >= 0.6 is 0 Å². The summed E-state index contributed by atoms with van der Waals surface area (Å²) < 4.78 is 6.36. The number of ether oxygens (including phenoxy) is 1. The maximum Gasteiger partial charge on any atom is 0.411 e. The van der Waals surface area contributed by atoms with E-state index in [4.69, 9.17) is 4.74 Å². The molecule has 1 N–H and O–H groups in total. The zero-order chi connectivity index (χ0) is 9.84. The Labute approximate surface area is 76.7 Å². The van der Waals surface area contributed by atoms with Crippen molar-refractivity contribution in [2.75, 3.05) is 11.9 Å². The van der Waals surface area contributed by atoms with Crippen molar-refractivity contribution in [1.29, 1.82) is 0 Å². The number of carbonyl (C=O) groups excluding carboxylic acids is 1. The third kappa shape index (κ3) is 2.47. The number of nitrogens with zero attached hydrogens (tertiary/aromatic N) is 2. The van der Waals surface area contributed by atoms with Crippen LogP contribution < -0.4 is 5.32 Å². The second-order valence-corrected chi connectivity index (χ2v) is 2.65. The van der Waals surface area contributed by atoms with Crippen molar-refractivity contribution in [3.63, 3.8) is 0 Å². The highest BCUT2D eigenvalue weighted by Crippen LogP contribution is 2.11. The first-order chi connectivity index (χ1) is 6.13. The van der Waals surface area contributed by atoms with Gasteiger partial charge in [-0.2, -0.15) is 5.10 Å². The predicted molar refractivity (Wildman–Crippen MR) is 48.6 cm³/mol.